The fourth-order valence-corrected chi connectivity index (χ4v) is 4.77. The van der Waals surface area contributed by atoms with E-state index in [2.05, 4.69) is 20.5 Å². The molecule has 0 saturated carbocycles. The van der Waals surface area contributed by atoms with Crippen molar-refractivity contribution in [3.63, 3.8) is 0 Å². The Labute approximate surface area is 239 Å². The first-order valence-electron chi connectivity index (χ1n) is 14.0. The number of ether oxygens (including phenoxy) is 2. The van der Waals surface area contributed by atoms with E-state index in [0.717, 1.165) is 36.1 Å². The lowest BCUT2D eigenvalue weighted by molar-refractivity contribution is 0.0635. The second kappa shape index (κ2) is 12.4. The number of nitrogens with one attached hydrogen (secondary N) is 2. The van der Waals surface area contributed by atoms with E-state index in [1.54, 1.807) is 51.4 Å². The van der Waals surface area contributed by atoms with Crippen LogP contribution in [0.2, 0.25) is 0 Å². The van der Waals surface area contributed by atoms with Gasteiger partial charge in [0.05, 0.1) is 11.4 Å². The Morgan fingerprint density at radius 3 is 2.44 bits per heavy atom. The van der Waals surface area contributed by atoms with Crippen LogP contribution in [0, 0.1) is 0 Å². The van der Waals surface area contributed by atoms with Crippen LogP contribution in [0.3, 0.4) is 0 Å². The third-order valence-corrected chi connectivity index (χ3v) is 6.76. The molecule has 9 nitrogen and oxygen atoms in total. The van der Waals surface area contributed by atoms with Crippen molar-refractivity contribution in [3.8, 4) is 16.9 Å². The maximum atomic E-state index is 13.3. The Hall–Kier alpha value is -4.37. The zero-order valence-corrected chi connectivity index (χ0v) is 23.7. The van der Waals surface area contributed by atoms with Crippen molar-refractivity contribution in [2.24, 2.45) is 0 Å². The molecule has 9 heteroatoms. The second-order valence-corrected chi connectivity index (χ2v) is 11.1. The lowest BCUT2D eigenvalue weighted by Gasteiger charge is -2.26. The highest BCUT2D eigenvalue weighted by molar-refractivity contribution is 6.07. The lowest BCUT2D eigenvalue weighted by Crippen LogP contribution is -2.33. The van der Waals surface area contributed by atoms with Gasteiger partial charge in [0.1, 0.15) is 23.5 Å². The van der Waals surface area contributed by atoms with E-state index < -0.39 is 17.6 Å². The monoisotopic (exact) mass is 556 g/mol. The molecule has 3 heterocycles. The summed E-state index contributed by atoms with van der Waals surface area (Å²) in [5, 5.41) is 6.43. The number of anilines is 2. The van der Waals surface area contributed by atoms with Gasteiger partial charge in [-0.3, -0.25) is 20.0 Å². The number of rotatable bonds is 8. The van der Waals surface area contributed by atoms with Crippen molar-refractivity contribution < 1.29 is 23.5 Å². The van der Waals surface area contributed by atoms with E-state index in [1.165, 1.54) is 19.3 Å². The number of amides is 2. The number of aromatic nitrogens is 1. The molecule has 1 saturated heterocycles. The minimum absolute atomic E-state index is 0.142. The minimum Gasteiger partial charge on any atom is -0.492 e. The predicted octanol–water partition coefficient (Wildman–Crippen LogP) is 6.96. The number of furan rings is 1. The van der Waals surface area contributed by atoms with Gasteiger partial charge >= 0.3 is 6.09 Å². The van der Waals surface area contributed by atoms with Crippen LogP contribution in [0.4, 0.5) is 16.2 Å². The third-order valence-electron chi connectivity index (χ3n) is 6.76. The van der Waals surface area contributed by atoms with E-state index in [1.807, 2.05) is 36.4 Å². The molecule has 4 aromatic rings. The summed E-state index contributed by atoms with van der Waals surface area (Å²) >= 11 is 0. The minimum atomic E-state index is -0.672. The van der Waals surface area contributed by atoms with E-state index in [-0.39, 0.29) is 5.76 Å². The molecule has 5 rings (SSSR count). The maximum absolute atomic E-state index is 13.3. The molecule has 0 radical (unpaired) electrons. The van der Waals surface area contributed by atoms with Gasteiger partial charge in [0.2, 0.25) is 0 Å². The summed E-state index contributed by atoms with van der Waals surface area (Å²) in [6, 6.07) is 16.4. The van der Waals surface area contributed by atoms with E-state index in [4.69, 9.17) is 13.9 Å². The Balaban J connectivity index is 1.32. The Bertz CT molecular complexity index is 1500. The number of benzene rings is 2. The van der Waals surface area contributed by atoms with Gasteiger partial charge in [-0.2, -0.15) is 0 Å². The molecule has 1 fully saturated rings. The van der Waals surface area contributed by atoms with E-state index >= 15 is 0 Å². The largest absolute Gasteiger partial charge is 0.492 e. The van der Waals surface area contributed by atoms with Crippen molar-refractivity contribution in [2.45, 2.75) is 45.6 Å². The molecule has 2 aromatic heterocycles. The molecule has 0 atom stereocenters. The molecule has 0 bridgehead atoms. The van der Waals surface area contributed by atoms with Gasteiger partial charge in [-0.25, -0.2) is 4.79 Å². The lowest BCUT2D eigenvalue weighted by atomic mass is 10.1. The average Bonchev–Trinajstić information content (AvgIpc) is 3.38. The number of carbonyl (C=O) groups is 2. The molecule has 0 aliphatic carbocycles. The van der Waals surface area contributed by atoms with Crippen molar-refractivity contribution in [1.82, 2.24) is 9.88 Å². The number of pyridine rings is 1. The molecule has 41 heavy (non-hydrogen) atoms. The second-order valence-electron chi connectivity index (χ2n) is 11.1. The maximum Gasteiger partial charge on any atom is 0.412 e. The van der Waals surface area contributed by atoms with Gasteiger partial charge in [0.15, 0.2) is 5.76 Å². The molecule has 1 aliphatic heterocycles. The Kier molecular flexibility index (Phi) is 8.54. The number of fused-ring (bicyclic) bond motifs is 1. The van der Waals surface area contributed by atoms with Crippen LogP contribution in [0.15, 0.2) is 71.4 Å². The summed E-state index contributed by atoms with van der Waals surface area (Å²) in [4.78, 5) is 32.3. The van der Waals surface area contributed by atoms with Crippen molar-refractivity contribution >= 4 is 34.3 Å². The first-order chi connectivity index (χ1) is 19.7. The number of nitrogens with zero attached hydrogens (tertiary/aromatic N) is 2. The first-order valence-corrected chi connectivity index (χ1v) is 14.0. The van der Waals surface area contributed by atoms with Crippen LogP contribution in [-0.2, 0) is 4.74 Å². The molecule has 2 N–H and O–H groups in total. The highest BCUT2D eigenvalue weighted by Gasteiger charge is 2.20. The van der Waals surface area contributed by atoms with Gasteiger partial charge in [0.25, 0.3) is 5.91 Å². The van der Waals surface area contributed by atoms with Gasteiger partial charge in [-0.05, 0) is 100 Å². The number of piperidine rings is 1. The standard InChI is InChI=1S/C32H36N4O5/c1-32(2,3)41-31(38)35-26-10-8-23(22-11-13-33-14-12-22)19-27(26)34-30(37)29-20-24-7-9-25(21-28(24)40-29)39-18-17-36-15-5-4-6-16-36/h7-14,19-21H,4-6,15-18H2,1-3H3,(H,34,37)(H,35,38). The number of hydrogen-bond acceptors (Lipinski definition) is 7. The van der Waals surface area contributed by atoms with E-state index in [0.29, 0.717) is 29.3 Å². The molecule has 2 amide bonds. The molecule has 2 aromatic carbocycles. The van der Waals surface area contributed by atoms with Crippen LogP contribution < -0.4 is 15.4 Å². The van der Waals surface area contributed by atoms with Crippen molar-refractivity contribution in [1.29, 1.82) is 0 Å². The van der Waals surface area contributed by atoms with Gasteiger partial charge < -0.3 is 19.2 Å². The summed E-state index contributed by atoms with van der Waals surface area (Å²) < 4.78 is 17.3. The van der Waals surface area contributed by atoms with Gasteiger partial charge in [-0.1, -0.05) is 12.5 Å². The Morgan fingerprint density at radius 1 is 0.902 bits per heavy atom. The molecular formula is C32H36N4O5. The van der Waals surface area contributed by atoms with Crippen molar-refractivity contribution in [3.05, 3.63) is 72.8 Å². The summed E-state index contributed by atoms with van der Waals surface area (Å²) in [5.41, 5.74) is 2.44. The fourth-order valence-electron chi connectivity index (χ4n) is 4.77. The molecular weight excluding hydrogens is 520 g/mol. The normalized spacial score (nSPS) is 14.0. The number of hydrogen-bond donors (Lipinski definition) is 2. The highest BCUT2D eigenvalue weighted by Crippen LogP contribution is 2.31. The smallest absolute Gasteiger partial charge is 0.412 e. The Morgan fingerprint density at radius 2 is 1.68 bits per heavy atom. The fraction of sp³-hybridized carbons (Fsp3) is 0.344. The van der Waals surface area contributed by atoms with Crippen LogP contribution >= 0.6 is 0 Å². The van der Waals surface area contributed by atoms with Crippen molar-refractivity contribution in [2.75, 3.05) is 36.9 Å². The summed E-state index contributed by atoms with van der Waals surface area (Å²) in [7, 11) is 0. The summed E-state index contributed by atoms with van der Waals surface area (Å²) in [5.74, 6) is 0.389. The zero-order valence-electron chi connectivity index (χ0n) is 23.7. The SMILES string of the molecule is CC(C)(C)OC(=O)Nc1ccc(-c2ccncc2)cc1NC(=O)c1cc2ccc(OCCN3CCCCC3)cc2o1. The molecule has 214 valence electrons. The van der Waals surface area contributed by atoms with Crippen LogP contribution in [0.1, 0.15) is 50.6 Å². The zero-order chi connectivity index (χ0) is 28.8. The number of likely N-dealkylation sites (tertiary alicyclic amines) is 1. The molecule has 0 spiro atoms. The quantitative estimate of drug-likeness (QED) is 0.242. The van der Waals surface area contributed by atoms with Gasteiger partial charge in [0, 0.05) is 30.4 Å². The first kappa shape index (κ1) is 28.2. The predicted molar refractivity (Wildman–Crippen MR) is 159 cm³/mol. The van der Waals surface area contributed by atoms with E-state index in [9.17, 15) is 9.59 Å². The topological polar surface area (TPSA) is 106 Å². The number of carbonyl (C=O) groups excluding carboxylic acids is 2. The average molecular weight is 557 g/mol. The third kappa shape index (κ3) is 7.64. The van der Waals surface area contributed by atoms with Crippen LogP contribution in [0.5, 0.6) is 5.75 Å². The summed E-state index contributed by atoms with van der Waals surface area (Å²) in [6.45, 7) is 9.10. The molecule has 0 unspecified atom stereocenters. The van der Waals surface area contributed by atoms with Crippen LogP contribution in [-0.4, -0.2) is 53.7 Å². The van der Waals surface area contributed by atoms with Crippen LogP contribution in [0.25, 0.3) is 22.1 Å². The highest BCUT2D eigenvalue weighted by atomic mass is 16.6. The summed E-state index contributed by atoms with van der Waals surface area (Å²) in [6.07, 6.45) is 6.56. The molecule has 1 aliphatic rings. The van der Waals surface area contributed by atoms with Gasteiger partial charge in [-0.15, -0.1) is 0 Å².